The highest BCUT2D eigenvalue weighted by molar-refractivity contribution is 4.73. The van der Waals surface area contributed by atoms with Gasteiger partial charge in [-0.2, -0.15) is 13.2 Å². The first kappa shape index (κ1) is 13.7. The topological polar surface area (TPSA) is 21.3 Å². The Labute approximate surface area is 82.8 Å². The maximum Gasteiger partial charge on any atom is 0.389 e. The molecule has 86 valence electrons. The number of hydrogen-bond donors (Lipinski definition) is 1. The Kier molecular flexibility index (Phi) is 6.11. The van der Waals surface area contributed by atoms with Crippen LogP contribution in [0.1, 0.15) is 26.7 Å². The highest BCUT2D eigenvalue weighted by Gasteiger charge is 2.29. The summed E-state index contributed by atoms with van der Waals surface area (Å²) in [7, 11) is 1.65. The number of likely N-dealkylation sites (N-methyl/N-ethyl adjacent to an activating group) is 1. The van der Waals surface area contributed by atoms with Gasteiger partial charge in [-0.1, -0.05) is 0 Å². The normalized spacial score (nSPS) is 16.7. The predicted octanol–water partition coefficient (Wildman–Crippen LogP) is 2.34. The first-order chi connectivity index (χ1) is 6.40. The maximum absolute atomic E-state index is 11.9. The summed E-state index contributed by atoms with van der Waals surface area (Å²) in [5, 5.41) is 2.83. The lowest BCUT2D eigenvalue weighted by atomic mass is 10.1. The zero-order valence-electron chi connectivity index (χ0n) is 8.82. The van der Waals surface area contributed by atoms with Crippen LogP contribution in [0, 0.1) is 0 Å². The Morgan fingerprint density at radius 3 is 2.29 bits per heavy atom. The Morgan fingerprint density at radius 1 is 1.36 bits per heavy atom. The van der Waals surface area contributed by atoms with Gasteiger partial charge in [-0.15, -0.1) is 0 Å². The molecule has 0 aliphatic rings. The lowest BCUT2D eigenvalue weighted by Gasteiger charge is -2.23. The van der Waals surface area contributed by atoms with Crippen molar-refractivity contribution in [1.29, 1.82) is 0 Å². The van der Waals surface area contributed by atoms with Crippen molar-refractivity contribution >= 4 is 0 Å². The van der Waals surface area contributed by atoms with E-state index in [9.17, 15) is 13.2 Å². The molecule has 2 unspecified atom stereocenters. The number of hydrogen-bond acceptors (Lipinski definition) is 2. The fourth-order valence-electron chi connectivity index (χ4n) is 1.31. The lowest BCUT2D eigenvalue weighted by molar-refractivity contribution is -0.138. The summed E-state index contributed by atoms with van der Waals surface area (Å²) in [6.07, 6.45) is -4.98. The summed E-state index contributed by atoms with van der Waals surface area (Å²) in [4.78, 5) is 0. The molecule has 0 spiro atoms. The zero-order valence-corrected chi connectivity index (χ0v) is 8.82. The van der Waals surface area contributed by atoms with Crippen molar-refractivity contribution in [3.05, 3.63) is 0 Å². The number of alkyl halides is 3. The number of halogens is 3. The fraction of sp³-hybridized carbons (Fsp3) is 1.00. The SMILES string of the molecule is CCOC(C)C(CCC(F)(F)F)NC. The molecule has 0 bridgehead atoms. The zero-order chi connectivity index (χ0) is 11.2. The minimum atomic E-state index is -4.08. The smallest absolute Gasteiger partial charge is 0.377 e. The molecule has 0 aromatic heterocycles. The Balaban J connectivity index is 3.90. The summed E-state index contributed by atoms with van der Waals surface area (Å²) < 4.78 is 41.0. The Hall–Kier alpha value is -0.290. The van der Waals surface area contributed by atoms with Gasteiger partial charge in [0, 0.05) is 19.1 Å². The highest BCUT2D eigenvalue weighted by Crippen LogP contribution is 2.23. The van der Waals surface area contributed by atoms with Gasteiger partial charge < -0.3 is 10.1 Å². The van der Waals surface area contributed by atoms with Gasteiger partial charge in [0.1, 0.15) is 0 Å². The van der Waals surface area contributed by atoms with Gasteiger partial charge in [0.05, 0.1) is 6.10 Å². The van der Waals surface area contributed by atoms with Crippen LogP contribution < -0.4 is 5.32 Å². The number of ether oxygens (including phenoxy) is 1. The highest BCUT2D eigenvalue weighted by atomic mass is 19.4. The minimum absolute atomic E-state index is 0.0567. The van der Waals surface area contributed by atoms with Crippen LogP contribution in [-0.4, -0.2) is 32.0 Å². The summed E-state index contributed by atoms with van der Waals surface area (Å²) >= 11 is 0. The summed E-state index contributed by atoms with van der Waals surface area (Å²) in [6.45, 7) is 4.12. The van der Waals surface area contributed by atoms with Gasteiger partial charge in [0.2, 0.25) is 0 Å². The van der Waals surface area contributed by atoms with Crippen LogP contribution in [0.4, 0.5) is 13.2 Å². The van der Waals surface area contributed by atoms with E-state index in [1.165, 1.54) is 0 Å². The minimum Gasteiger partial charge on any atom is -0.377 e. The van der Waals surface area contributed by atoms with E-state index in [2.05, 4.69) is 5.32 Å². The quantitative estimate of drug-likeness (QED) is 0.731. The monoisotopic (exact) mass is 213 g/mol. The van der Waals surface area contributed by atoms with E-state index in [4.69, 9.17) is 4.74 Å². The molecule has 0 aromatic carbocycles. The van der Waals surface area contributed by atoms with E-state index in [0.717, 1.165) is 0 Å². The van der Waals surface area contributed by atoms with Crippen LogP contribution in [0.3, 0.4) is 0 Å². The second-order valence-electron chi connectivity index (χ2n) is 3.21. The molecule has 0 rings (SSSR count). The molecular weight excluding hydrogens is 195 g/mol. The van der Waals surface area contributed by atoms with Gasteiger partial charge >= 0.3 is 6.18 Å². The molecule has 0 amide bonds. The Bertz CT molecular complexity index is 149. The van der Waals surface area contributed by atoms with E-state index in [0.29, 0.717) is 6.61 Å². The average Bonchev–Trinajstić information content (AvgIpc) is 2.03. The van der Waals surface area contributed by atoms with E-state index in [1.807, 2.05) is 6.92 Å². The second kappa shape index (κ2) is 6.24. The Morgan fingerprint density at radius 2 is 1.93 bits per heavy atom. The summed E-state index contributed by atoms with van der Waals surface area (Å²) in [5.41, 5.74) is 0. The third-order valence-corrected chi connectivity index (χ3v) is 2.11. The van der Waals surface area contributed by atoms with Crippen molar-refractivity contribution in [2.45, 2.75) is 45.0 Å². The average molecular weight is 213 g/mol. The summed E-state index contributed by atoms with van der Waals surface area (Å²) in [5.74, 6) is 0. The van der Waals surface area contributed by atoms with Crippen molar-refractivity contribution in [3.8, 4) is 0 Å². The van der Waals surface area contributed by atoms with Crippen molar-refractivity contribution < 1.29 is 17.9 Å². The molecule has 0 radical (unpaired) electrons. The van der Waals surface area contributed by atoms with E-state index in [1.54, 1.807) is 14.0 Å². The molecule has 0 saturated carbocycles. The molecule has 0 fully saturated rings. The fourth-order valence-corrected chi connectivity index (χ4v) is 1.31. The van der Waals surface area contributed by atoms with Crippen LogP contribution >= 0.6 is 0 Å². The van der Waals surface area contributed by atoms with Crippen molar-refractivity contribution in [2.75, 3.05) is 13.7 Å². The van der Waals surface area contributed by atoms with Crippen LogP contribution in [-0.2, 0) is 4.74 Å². The molecule has 5 heteroatoms. The molecule has 0 aliphatic heterocycles. The van der Waals surface area contributed by atoms with E-state index >= 15 is 0 Å². The number of nitrogens with one attached hydrogen (secondary N) is 1. The van der Waals surface area contributed by atoms with E-state index < -0.39 is 12.6 Å². The van der Waals surface area contributed by atoms with Gasteiger partial charge in [-0.25, -0.2) is 0 Å². The molecular formula is C9H18F3NO. The van der Waals surface area contributed by atoms with Crippen LogP contribution in [0.2, 0.25) is 0 Å². The summed E-state index contributed by atoms with van der Waals surface area (Å²) in [6, 6.07) is -0.239. The predicted molar refractivity (Wildman–Crippen MR) is 49.2 cm³/mol. The van der Waals surface area contributed by atoms with Gasteiger partial charge in [-0.3, -0.25) is 0 Å². The third kappa shape index (κ3) is 6.21. The van der Waals surface area contributed by atoms with Gasteiger partial charge in [-0.05, 0) is 27.3 Å². The molecule has 1 N–H and O–H groups in total. The van der Waals surface area contributed by atoms with Gasteiger partial charge in [0.15, 0.2) is 0 Å². The standard InChI is InChI=1S/C9H18F3NO/c1-4-14-7(2)8(13-3)5-6-9(10,11)12/h7-8,13H,4-6H2,1-3H3. The first-order valence-corrected chi connectivity index (χ1v) is 4.76. The van der Waals surface area contributed by atoms with Crippen LogP contribution in [0.25, 0.3) is 0 Å². The van der Waals surface area contributed by atoms with Crippen molar-refractivity contribution in [3.63, 3.8) is 0 Å². The van der Waals surface area contributed by atoms with Crippen molar-refractivity contribution in [1.82, 2.24) is 5.32 Å². The second-order valence-corrected chi connectivity index (χ2v) is 3.21. The van der Waals surface area contributed by atoms with Crippen LogP contribution in [0.5, 0.6) is 0 Å². The van der Waals surface area contributed by atoms with E-state index in [-0.39, 0.29) is 18.6 Å². The molecule has 2 atom stereocenters. The lowest BCUT2D eigenvalue weighted by Crippen LogP contribution is -2.38. The van der Waals surface area contributed by atoms with Gasteiger partial charge in [0.25, 0.3) is 0 Å². The first-order valence-electron chi connectivity index (χ1n) is 4.76. The molecule has 14 heavy (non-hydrogen) atoms. The van der Waals surface area contributed by atoms with Crippen LogP contribution in [0.15, 0.2) is 0 Å². The molecule has 0 aliphatic carbocycles. The molecule has 0 aromatic rings. The molecule has 0 heterocycles. The molecule has 0 saturated heterocycles. The van der Waals surface area contributed by atoms with Crippen molar-refractivity contribution in [2.24, 2.45) is 0 Å². The third-order valence-electron chi connectivity index (χ3n) is 2.11. The maximum atomic E-state index is 11.9. The molecule has 2 nitrogen and oxygen atoms in total. The largest absolute Gasteiger partial charge is 0.389 e. The number of rotatable bonds is 6.